The zero-order chi connectivity index (χ0) is 13.0. The molecule has 0 amide bonds. The van der Waals surface area contributed by atoms with Gasteiger partial charge in [0, 0.05) is 11.1 Å². The molecule has 0 aliphatic heterocycles. The topological polar surface area (TPSA) is 21.3 Å². The van der Waals surface area contributed by atoms with Crippen molar-refractivity contribution in [2.24, 2.45) is 5.92 Å². The second-order valence-electron chi connectivity index (χ2n) is 5.09. The van der Waals surface area contributed by atoms with Crippen LogP contribution in [-0.2, 0) is 6.42 Å². The number of hydrogen-bond acceptors (Lipinski definition) is 2. The van der Waals surface area contributed by atoms with E-state index in [-0.39, 0.29) is 0 Å². The van der Waals surface area contributed by atoms with E-state index < -0.39 is 0 Å². The van der Waals surface area contributed by atoms with E-state index in [4.69, 9.17) is 16.3 Å². The first-order valence-electron chi connectivity index (χ1n) is 6.78. The standard InChI is InChI=1S/C15H22ClNO/c1-3-17-14(8-11-4-5-11)10-12-9-13(16)6-7-15(12)18-2/h6-7,9,11,14,17H,3-5,8,10H2,1-2H3. The van der Waals surface area contributed by atoms with E-state index in [1.54, 1.807) is 7.11 Å². The van der Waals surface area contributed by atoms with Gasteiger partial charge in [-0.15, -0.1) is 0 Å². The third-order valence-corrected chi connectivity index (χ3v) is 3.75. The predicted molar refractivity (Wildman–Crippen MR) is 76.5 cm³/mol. The summed E-state index contributed by atoms with van der Waals surface area (Å²) in [6, 6.07) is 6.40. The number of nitrogens with one attached hydrogen (secondary N) is 1. The van der Waals surface area contributed by atoms with Crippen molar-refractivity contribution < 1.29 is 4.74 Å². The van der Waals surface area contributed by atoms with Gasteiger partial charge in [-0.3, -0.25) is 0 Å². The summed E-state index contributed by atoms with van der Waals surface area (Å²) in [6.45, 7) is 3.18. The van der Waals surface area contributed by atoms with Gasteiger partial charge in [-0.2, -0.15) is 0 Å². The summed E-state index contributed by atoms with van der Waals surface area (Å²) < 4.78 is 5.41. The van der Waals surface area contributed by atoms with E-state index in [0.29, 0.717) is 6.04 Å². The molecule has 1 fully saturated rings. The molecular formula is C15H22ClNO. The first-order valence-corrected chi connectivity index (χ1v) is 7.16. The van der Waals surface area contributed by atoms with Crippen LogP contribution in [0.4, 0.5) is 0 Å². The minimum Gasteiger partial charge on any atom is -0.496 e. The molecule has 0 radical (unpaired) electrons. The summed E-state index contributed by atoms with van der Waals surface area (Å²) in [5.41, 5.74) is 1.21. The number of hydrogen-bond donors (Lipinski definition) is 1. The van der Waals surface area contributed by atoms with Crippen LogP contribution in [0.2, 0.25) is 5.02 Å². The SMILES string of the molecule is CCNC(Cc1cc(Cl)ccc1OC)CC1CC1. The van der Waals surface area contributed by atoms with Gasteiger partial charge < -0.3 is 10.1 Å². The first kappa shape index (κ1) is 13.7. The van der Waals surface area contributed by atoms with Gasteiger partial charge in [-0.1, -0.05) is 31.4 Å². The van der Waals surface area contributed by atoms with Crippen LogP contribution in [-0.4, -0.2) is 19.7 Å². The Morgan fingerprint density at radius 3 is 2.83 bits per heavy atom. The highest BCUT2D eigenvalue weighted by molar-refractivity contribution is 6.30. The van der Waals surface area contributed by atoms with Crippen molar-refractivity contribution in [2.45, 2.75) is 38.6 Å². The van der Waals surface area contributed by atoms with Gasteiger partial charge in [0.25, 0.3) is 0 Å². The van der Waals surface area contributed by atoms with Gasteiger partial charge in [-0.25, -0.2) is 0 Å². The zero-order valence-electron chi connectivity index (χ0n) is 11.2. The highest BCUT2D eigenvalue weighted by Crippen LogP contribution is 2.35. The van der Waals surface area contributed by atoms with Gasteiger partial charge in [0.1, 0.15) is 5.75 Å². The van der Waals surface area contributed by atoms with Gasteiger partial charge in [0.2, 0.25) is 0 Å². The molecule has 0 aromatic heterocycles. The Bertz CT molecular complexity index is 390. The van der Waals surface area contributed by atoms with Crippen molar-refractivity contribution in [3.8, 4) is 5.75 Å². The minimum absolute atomic E-state index is 0.537. The molecule has 1 N–H and O–H groups in total. The quantitative estimate of drug-likeness (QED) is 0.814. The maximum Gasteiger partial charge on any atom is 0.122 e. The van der Waals surface area contributed by atoms with Gasteiger partial charge in [0.05, 0.1) is 7.11 Å². The molecule has 0 spiro atoms. The lowest BCUT2D eigenvalue weighted by Gasteiger charge is -2.19. The fraction of sp³-hybridized carbons (Fsp3) is 0.600. The molecule has 0 saturated heterocycles. The molecular weight excluding hydrogens is 246 g/mol. The summed E-state index contributed by atoms with van der Waals surface area (Å²) in [4.78, 5) is 0. The Balaban J connectivity index is 2.05. The Morgan fingerprint density at radius 1 is 1.44 bits per heavy atom. The molecule has 1 aliphatic carbocycles. The highest BCUT2D eigenvalue weighted by Gasteiger charge is 2.25. The molecule has 18 heavy (non-hydrogen) atoms. The van der Waals surface area contributed by atoms with E-state index in [2.05, 4.69) is 12.2 Å². The third-order valence-electron chi connectivity index (χ3n) is 3.52. The largest absolute Gasteiger partial charge is 0.496 e. The number of likely N-dealkylation sites (N-methyl/N-ethyl adjacent to an activating group) is 1. The van der Waals surface area contributed by atoms with E-state index >= 15 is 0 Å². The van der Waals surface area contributed by atoms with Crippen LogP contribution in [0.3, 0.4) is 0 Å². The van der Waals surface area contributed by atoms with E-state index in [0.717, 1.165) is 29.7 Å². The van der Waals surface area contributed by atoms with Gasteiger partial charge in [-0.05, 0) is 49.1 Å². The Kier molecular flexibility index (Phi) is 4.90. The molecule has 3 heteroatoms. The molecule has 0 bridgehead atoms. The fourth-order valence-electron chi connectivity index (χ4n) is 2.46. The maximum absolute atomic E-state index is 6.08. The Labute approximate surface area is 115 Å². The normalized spacial score (nSPS) is 16.6. The van der Waals surface area contributed by atoms with Crippen molar-refractivity contribution in [3.05, 3.63) is 28.8 Å². The number of ether oxygens (including phenoxy) is 1. The Morgan fingerprint density at radius 2 is 2.22 bits per heavy atom. The van der Waals surface area contributed by atoms with E-state index in [9.17, 15) is 0 Å². The lowest BCUT2D eigenvalue weighted by atomic mass is 10.00. The lowest BCUT2D eigenvalue weighted by molar-refractivity contribution is 0.401. The summed E-state index contributed by atoms with van der Waals surface area (Å²) in [7, 11) is 1.72. The number of methoxy groups -OCH3 is 1. The molecule has 1 saturated carbocycles. The second kappa shape index (κ2) is 6.44. The summed E-state index contributed by atoms with van der Waals surface area (Å²) in [5.74, 6) is 1.87. The molecule has 1 aromatic rings. The fourth-order valence-corrected chi connectivity index (χ4v) is 2.65. The molecule has 2 rings (SSSR count). The number of halogens is 1. The highest BCUT2D eigenvalue weighted by atomic mass is 35.5. The number of rotatable bonds is 7. The molecule has 1 aliphatic rings. The van der Waals surface area contributed by atoms with Crippen molar-refractivity contribution in [1.82, 2.24) is 5.32 Å². The van der Waals surface area contributed by atoms with Crippen LogP contribution in [0.15, 0.2) is 18.2 Å². The van der Waals surface area contributed by atoms with Crippen molar-refractivity contribution in [2.75, 3.05) is 13.7 Å². The zero-order valence-corrected chi connectivity index (χ0v) is 12.0. The summed E-state index contributed by atoms with van der Waals surface area (Å²) in [5, 5.41) is 4.36. The second-order valence-corrected chi connectivity index (χ2v) is 5.53. The molecule has 100 valence electrons. The van der Waals surface area contributed by atoms with Crippen LogP contribution < -0.4 is 10.1 Å². The molecule has 1 aromatic carbocycles. The predicted octanol–water partition coefficient (Wildman–Crippen LogP) is 3.67. The molecule has 1 atom stereocenters. The van der Waals surface area contributed by atoms with Crippen molar-refractivity contribution >= 4 is 11.6 Å². The van der Waals surface area contributed by atoms with Crippen LogP contribution in [0.5, 0.6) is 5.75 Å². The minimum atomic E-state index is 0.537. The van der Waals surface area contributed by atoms with Crippen LogP contribution in [0.25, 0.3) is 0 Å². The monoisotopic (exact) mass is 267 g/mol. The van der Waals surface area contributed by atoms with Gasteiger partial charge in [0.15, 0.2) is 0 Å². The van der Waals surface area contributed by atoms with Crippen LogP contribution >= 0.6 is 11.6 Å². The molecule has 2 nitrogen and oxygen atoms in total. The van der Waals surface area contributed by atoms with Crippen LogP contribution in [0, 0.1) is 5.92 Å². The Hall–Kier alpha value is -0.730. The van der Waals surface area contributed by atoms with E-state index in [1.807, 2.05) is 18.2 Å². The van der Waals surface area contributed by atoms with Gasteiger partial charge >= 0.3 is 0 Å². The lowest BCUT2D eigenvalue weighted by Crippen LogP contribution is -2.31. The average Bonchev–Trinajstić information content (AvgIpc) is 3.13. The number of benzene rings is 1. The summed E-state index contributed by atoms with van der Waals surface area (Å²) in [6.07, 6.45) is 5.06. The maximum atomic E-state index is 6.08. The molecule has 0 heterocycles. The smallest absolute Gasteiger partial charge is 0.122 e. The first-order chi connectivity index (χ1) is 8.72. The molecule has 1 unspecified atom stereocenters. The van der Waals surface area contributed by atoms with Crippen molar-refractivity contribution in [1.29, 1.82) is 0 Å². The third kappa shape index (κ3) is 3.89. The summed E-state index contributed by atoms with van der Waals surface area (Å²) >= 11 is 6.08. The van der Waals surface area contributed by atoms with Crippen LogP contribution in [0.1, 0.15) is 31.7 Å². The van der Waals surface area contributed by atoms with Crippen molar-refractivity contribution in [3.63, 3.8) is 0 Å². The average molecular weight is 268 g/mol. The van der Waals surface area contributed by atoms with E-state index in [1.165, 1.54) is 24.8 Å².